The summed E-state index contributed by atoms with van der Waals surface area (Å²) in [6, 6.07) is 14.5. The first-order valence-electron chi connectivity index (χ1n) is 8.42. The highest BCUT2D eigenvalue weighted by molar-refractivity contribution is 7.98. The minimum Gasteiger partial charge on any atom is -0.426 e. The van der Waals surface area contributed by atoms with Crippen LogP contribution in [0.2, 0.25) is 0 Å². The van der Waals surface area contributed by atoms with E-state index < -0.39 is 5.41 Å². The first kappa shape index (κ1) is 16.3. The molecule has 0 saturated heterocycles. The third-order valence-corrected chi connectivity index (χ3v) is 5.71. The molecular weight excluding hydrogens is 330 g/mol. The van der Waals surface area contributed by atoms with E-state index in [-0.39, 0.29) is 5.97 Å². The molecular formula is C21H21NO2S. The highest BCUT2D eigenvalue weighted by atomic mass is 32.2. The average molecular weight is 351 g/mol. The molecule has 25 heavy (non-hydrogen) atoms. The van der Waals surface area contributed by atoms with Gasteiger partial charge in [0, 0.05) is 34.2 Å². The van der Waals surface area contributed by atoms with E-state index in [4.69, 9.17) is 4.74 Å². The minimum absolute atomic E-state index is 0.212. The summed E-state index contributed by atoms with van der Waals surface area (Å²) in [6.07, 6.45) is 0. The summed E-state index contributed by atoms with van der Waals surface area (Å²) in [4.78, 5) is 13.5. The molecule has 1 aromatic heterocycles. The number of rotatable bonds is 1. The van der Waals surface area contributed by atoms with Crippen molar-refractivity contribution in [2.24, 2.45) is 12.5 Å². The van der Waals surface area contributed by atoms with Gasteiger partial charge in [0.25, 0.3) is 0 Å². The summed E-state index contributed by atoms with van der Waals surface area (Å²) in [7, 11) is 2.11. The number of benzene rings is 2. The van der Waals surface area contributed by atoms with Gasteiger partial charge in [0.1, 0.15) is 5.75 Å². The van der Waals surface area contributed by atoms with Crippen LogP contribution in [-0.2, 0) is 17.6 Å². The molecule has 4 rings (SSSR count). The fourth-order valence-electron chi connectivity index (χ4n) is 3.25. The van der Waals surface area contributed by atoms with Crippen LogP contribution in [0.25, 0.3) is 22.2 Å². The molecule has 0 amide bonds. The third-order valence-electron chi connectivity index (χ3n) is 4.61. The fraction of sp³-hybridized carbons (Fsp3) is 0.286. The molecule has 0 radical (unpaired) electrons. The van der Waals surface area contributed by atoms with Gasteiger partial charge < -0.3 is 9.30 Å². The lowest BCUT2D eigenvalue weighted by molar-refractivity contribution is -0.142. The van der Waals surface area contributed by atoms with Gasteiger partial charge in [-0.1, -0.05) is 18.2 Å². The summed E-state index contributed by atoms with van der Waals surface area (Å²) < 4.78 is 7.85. The summed E-state index contributed by atoms with van der Waals surface area (Å²) in [5.74, 6) is 1.33. The monoisotopic (exact) mass is 351 g/mol. The fourth-order valence-corrected chi connectivity index (χ4v) is 4.34. The Labute approximate surface area is 152 Å². The molecule has 0 bridgehead atoms. The van der Waals surface area contributed by atoms with Crippen LogP contribution < -0.4 is 4.74 Å². The van der Waals surface area contributed by atoms with Crippen LogP contribution in [0.15, 0.2) is 47.4 Å². The van der Waals surface area contributed by atoms with Crippen molar-refractivity contribution >= 4 is 28.6 Å². The topological polar surface area (TPSA) is 31.2 Å². The molecule has 1 aliphatic rings. The number of thioether (sulfide) groups is 1. The van der Waals surface area contributed by atoms with Gasteiger partial charge in [0.2, 0.25) is 0 Å². The predicted molar refractivity (Wildman–Crippen MR) is 103 cm³/mol. The van der Waals surface area contributed by atoms with Gasteiger partial charge in [-0.15, -0.1) is 11.8 Å². The molecule has 0 atom stereocenters. The molecule has 4 heteroatoms. The van der Waals surface area contributed by atoms with Gasteiger partial charge in [-0.05, 0) is 50.6 Å². The molecule has 0 aliphatic carbocycles. The zero-order valence-electron chi connectivity index (χ0n) is 14.9. The molecule has 0 saturated carbocycles. The van der Waals surface area contributed by atoms with Crippen molar-refractivity contribution < 1.29 is 9.53 Å². The quantitative estimate of drug-likeness (QED) is 0.434. The van der Waals surface area contributed by atoms with E-state index in [0.717, 1.165) is 11.3 Å². The summed E-state index contributed by atoms with van der Waals surface area (Å²) >= 11 is 1.86. The Morgan fingerprint density at radius 2 is 1.92 bits per heavy atom. The van der Waals surface area contributed by atoms with Crippen molar-refractivity contribution in [3.8, 4) is 17.0 Å². The molecule has 0 N–H and O–H groups in total. The zero-order chi connectivity index (χ0) is 17.8. The number of aromatic nitrogens is 1. The van der Waals surface area contributed by atoms with Gasteiger partial charge in [-0.3, -0.25) is 4.79 Å². The first-order chi connectivity index (χ1) is 11.9. The highest BCUT2D eigenvalue weighted by Crippen LogP contribution is 2.45. The Bertz CT molecular complexity index is 995. The van der Waals surface area contributed by atoms with Gasteiger partial charge in [-0.25, -0.2) is 0 Å². The number of hydrogen-bond acceptors (Lipinski definition) is 3. The van der Waals surface area contributed by atoms with Gasteiger partial charge in [0.05, 0.1) is 11.1 Å². The largest absolute Gasteiger partial charge is 0.426 e. The Kier molecular flexibility index (Phi) is 3.69. The normalized spacial score (nSPS) is 13.4. The third kappa shape index (κ3) is 2.65. The average Bonchev–Trinajstić information content (AvgIpc) is 2.87. The van der Waals surface area contributed by atoms with Crippen LogP contribution in [0.5, 0.6) is 5.75 Å². The molecule has 2 aromatic carbocycles. The van der Waals surface area contributed by atoms with Crippen molar-refractivity contribution in [1.29, 1.82) is 0 Å². The van der Waals surface area contributed by atoms with E-state index in [1.165, 1.54) is 27.1 Å². The van der Waals surface area contributed by atoms with E-state index in [1.54, 1.807) is 0 Å². The lowest BCUT2D eigenvalue weighted by Gasteiger charge is -2.17. The van der Waals surface area contributed by atoms with Crippen molar-refractivity contribution in [2.75, 3.05) is 0 Å². The highest BCUT2D eigenvalue weighted by Gasteiger charge is 2.26. The van der Waals surface area contributed by atoms with E-state index in [1.807, 2.05) is 50.7 Å². The van der Waals surface area contributed by atoms with E-state index >= 15 is 0 Å². The lowest BCUT2D eigenvalue weighted by atomic mass is 9.97. The number of aryl methyl sites for hydroxylation is 1. The summed E-state index contributed by atoms with van der Waals surface area (Å²) in [5.41, 5.74) is 4.51. The smallest absolute Gasteiger partial charge is 0.316 e. The maximum atomic E-state index is 12.2. The van der Waals surface area contributed by atoms with Gasteiger partial charge in [0.15, 0.2) is 0 Å². The Balaban J connectivity index is 1.84. The van der Waals surface area contributed by atoms with Crippen LogP contribution >= 0.6 is 11.8 Å². The number of ether oxygens (including phenoxy) is 1. The maximum Gasteiger partial charge on any atom is 0.316 e. The zero-order valence-corrected chi connectivity index (χ0v) is 15.7. The maximum absolute atomic E-state index is 12.2. The Hall–Kier alpha value is -2.20. The summed E-state index contributed by atoms with van der Waals surface area (Å²) in [5, 5.41) is 1.17. The second kappa shape index (κ2) is 5.67. The SMILES string of the molecule is Cn1c2c(c3cc(OC(=O)C(C)(C)C)ccc31)CSc1ccccc1-2. The van der Waals surface area contributed by atoms with Crippen molar-refractivity contribution in [2.45, 2.75) is 31.4 Å². The first-order valence-corrected chi connectivity index (χ1v) is 9.40. The molecule has 3 nitrogen and oxygen atoms in total. The number of fused-ring (bicyclic) bond motifs is 5. The summed E-state index contributed by atoms with van der Waals surface area (Å²) in [6.45, 7) is 5.60. The number of nitrogens with zero attached hydrogens (tertiary/aromatic N) is 1. The van der Waals surface area contributed by atoms with Crippen LogP contribution in [-0.4, -0.2) is 10.5 Å². The minimum atomic E-state index is -0.514. The van der Waals surface area contributed by atoms with Crippen molar-refractivity contribution in [1.82, 2.24) is 4.57 Å². The van der Waals surface area contributed by atoms with E-state index in [0.29, 0.717) is 5.75 Å². The van der Waals surface area contributed by atoms with Crippen LogP contribution in [0.3, 0.4) is 0 Å². The second-order valence-electron chi connectivity index (χ2n) is 7.49. The number of carbonyl (C=O) groups excluding carboxylic acids is 1. The molecule has 128 valence electrons. The van der Waals surface area contributed by atoms with Gasteiger partial charge in [-0.2, -0.15) is 0 Å². The van der Waals surface area contributed by atoms with Crippen LogP contribution in [0.4, 0.5) is 0 Å². The van der Waals surface area contributed by atoms with Crippen LogP contribution in [0, 0.1) is 5.41 Å². The molecule has 1 aliphatic heterocycles. The molecule has 2 heterocycles. The standard InChI is InChI=1S/C21H21NO2S/c1-21(2,3)20(23)24-13-9-10-17-15(11-13)16-12-25-18-8-6-5-7-14(18)19(16)22(17)4/h5-11H,12H2,1-4H3. The van der Waals surface area contributed by atoms with Gasteiger partial charge >= 0.3 is 5.97 Å². The van der Waals surface area contributed by atoms with E-state index in [9.17, 15) is 4.79 Å². The Morgan fingerprint density at radius 1 is 1.16 bits per heavy atom. The molecule has 0 unspecified atom stereocenters. The van der Waals surface area contributed by atoms with E-state index in [2.05, 4.69) is 35.9 Å². The predicted octanol–water partition coefficient (Wildman–Crippen LogP) is 5.40. The Morgan fingerprint density at radius 3 is 2.68 bits per heavy atom. The lowest BCUT2D eigenvalue weighted by Crippen LogP contribution is -2.25. The molecule has 0 spiro atoms. The number of carbonyl (C=O) groups is 1. The molecule has 3 aromatic rings. The van der Waals surface area contributed by atoms with Crippen molar-refractivity contribution in [3.63, 3.8) is 0 Å². The number of hydrogen-bond donors (Lipinski definition) is 0. The molecule has 0 fully saturated rings. The number of esters is 1. The van der Waals surface area contributed by atoms with Crippen molar-refractivity contribution in [3.05, 3.63) is 48.0 Å². The van der Waals surface area contributed by atoms with Crippen LogP contribution in [0.1, 0.15) is 26.3 Å². The second-order valence-corrected chi connectivity index (χ2v) is 8.51.